The van der Waals surface area contributed by atoms with E-state index in [1.54, 1.807) is 0 Å². The Balaban J connectivity index is 1.90. The molecule has 2 saturated carbocycles. The Morgan fingerprint density at radius 3 is 2.67 bits per heavy atom. The van der Waals surface area contributed by atoms with Gasteiger partial charge in [-0.2, -0.15) is 0 Å². The van der Waals surface area contributed by atoms with Crippen molar-refractivity contribution >= 4 is 15.0 Å². The zero-order valence-corrected chi connectivity index (χ0v) is 13.3. The van der Waals surface area contributed by atoms with Crippen molar-refractivity contribution in [2.24, 2.45) is 0 Å². The van der Waals surface area contributed by atoms with E-state index in [1.807, 2.05) is 0 Å². The Morgan fingerprint density at radius 1 is 1.28 bits per heavy atom. The van der Waals surface area contributed by atoms with Gasteiger partial charge in [-0.1, -0.05) is 0 Å². The van der Waals surface area contributed by atoms with Crippen LogP contribution in [0.1, 0.15) is 32.6 Å². The molecule has 18 heavy (non-hydrogen) atoms. The second kappa shape index (κ2) is 6.74. The van der Waals surface area contributed by atoms with Crippen LogP contribution >= 0.6 is 0 Å². The molecule has 3 atom stereocenters. The van der Waals surface area contributed by atoms with Crippen molar-refractivity contribution in [2.75, 3.05) is 14.1 Å². The normalized spacial score (nSPS) is 33.2. The molecule has 0 amide bonds. The molecule has 2 aliphatic carbocycles. The Kier molecular flexibility index (Phi) is 5.56. The summed E-state index contributed by atoms with van der Waals surface area (Å²) in [5.74, 6) is 1.46. The van der Waals surface area contributed by atoms with E-state index >= 15 is 0 Å². The SMILES string of the molecule is C[C@@H]([C]1[CH][CH][CH][C]1[Se][C@@H]1CCCC[C@H]1O)N(C)C. The van der Waals surface area contributed by atoms with E-state index in [1.165, 1.54) is 30.0 Å². The van der Waals surface area contributed by atoms with Gasteiger partial charge in [-0.15, -0.1) is 0 Å². The minimum absolute atomic E-state index is 0.0591. The molecule has 2 aliphatic rings. The van der Waals surface area contributed by atoms with Crippen LogP contribution in [0.15, 0.2) is 0 Å². The molecule has 0 heterocycles. The summed E-state index contributed by atoms with van der Waals surface area (Å²) >= 11 is 0.420. The summed E-state index contributed by atoms with van der Waals surface area (Å²) in [6.07, 6.45) is 11.3. The third-order valence-corrected chi connectivity index (χ3v) is 7.08. The van der Waals surface area contributed by atoms with Crippen LogP contribution in [0.5, 0.6) is 0 Å². The summed E-state index contributed by atoms with van der Waals surface area (Å²) in [6, 6.07) is 0.470. The summed E-state index contributed by atoms with van der Waals surface area (Å²) in [7, 11) is 4.26. The predicted octanol–water partition coefficient (Wildman–Crippen LogP) is 2.10. The molecule has 0 aromatic heterocycles. The van der Waals surface area contributed by atoms with Crippen molar-refractivity contribution in [1.29, 1.82) is 0 Å². The van der Waals surface area contributed by atoms with Crippen molar-refractivity contribution in [3.63, 3.8) is 0 Å². The fourth-order valence-corrected chi connectivity index (χ4v) is 5.54. The van der Waals surface area contributed by atoms with E-state index < -0.39 is 0 Å². The van der Waals surface area contributed by atoms with Gasteiger partial charge >= 0.3 is 119 Å². The molecule has 2 nitrogen and oxygen atoms in total. The number of hydrogen-bond donors (Lipinski definition) is 1. The average molecular weight is 313 g/mol. The van der Waals surface area contributed by atoms with Crippen molar-refractivity contribution in [2.45, 2.75) is 49.6 Å². The number of hydrogen-bond acceptors (Lipinski definition) is 2. The molecule has 101 valence electrons. The van der Waals surface area contributed by atoms with E-state index in [0.717, 1.165) is 6.42 Å². The fraction of sp³-hybridized carbons (Fsp3) is 0.667. The summed E-state index contributed by atoms with van der Waals surface area (Å²) < 4.78 is 0. The molecular formula is C15H24NOSe. The first-order chi connectivity index (χ1) is 8.59. The van der Waals surface area contributed by atoms with E-state index in [4.69, 9.17) is 0 Å². The van der Waals surface area contributed by atoms with Gasteiger partial charge in [-0.3, -0.25) is 0 Å². The van der Waals surface area contributed by atoms with Crippen LogP contribution in [-0.2, 0) is 0 Å². The predicted molar refractivity (Wildman–Crippen MR) is 76.5 cm³/mol. The van der Waals surface area contributed by atoms with Crippen LogP contribution in [-0.4, -0.2) is 51.2 Å². The quantitative estimate of drug-likeness (QED) is 0.804. The first kappa shape index (κ1) is 14.8. The molecule has 0 saturated heterocycles. The molecule has 2 fully saturated rings. The number of aliphatic hydroxyl groups is 1. The number of rotatable bonds is 4. The van der Waals surface area contributed by atoms with Gasteiger partial charge in [0.25, 0.3) is 0 Å². The van der Waals surface area contributed by atoms with Crippen molar-refractivity contribution in [3.8, 4) is 0 Å². The van der Waals surface area contributed by atoms with Gasteiger partial charge in [0.05, 0.1) is 0 Å². The van der Waals surface area contributed by atoms with Crippen LogP contribution in [0.2, 0.25) is 4.82 Å². The Bertz CT molecular complexity index is 259. The van der Waals surface area contributed by atoms with Crippen LogP contribution in [0.3, 0.4) is 0 Å². The zero-order valence-electron chi connectivity index (χ0n) is 11.6. The number of aliphatic hydroxyl groups excluding tert-OH is 1. The third-order valence-electron chi connectivity index (χ3n) is 3.98. The van der Waals surface area contributed by atoms with Crippen molar-refractivity contribution < 1.29 is 5.11 Å². The van der Waals surface area contributed by atoms with Gasteiger partial charge in [-0.25, -0.2) is 0 Å². The van der Waals surface area contributed by atoms with E-state index in [2.05, 4.69) is 45.2 Å². The molecule has 0 aromatic rings. The van der Waals surface area contributed by atoms with Crippen molar-refractivity contribution in [1.82, 2.24) is 4.90 Å². The van der Waals surface area contributed by atoms with E-state index in [-0.39, 0.29) is 6.10 Å². The van der Waals surface area contributed by atoms with Gasteiger partial charge < -0.3 is 0 Å². The van der Waals surface area contributed by atoms with Crippen LogP contribution < -0.4 is 0 Å². The molecule has 0 aromatic carbocycles. The first-order valence-corrected chi connectivity index (χ1v) is 8.71. The van der Waals surface area contributed by atoms with E-state index in [0.29, 0.717) is 25.8 Å². The molecule has 3 heteroatoms. The monoisotopic (exact) mass is 314 g/mol. The molecular weight excluding hydrogens is 289 g/mol. The second-order valence-electron chi connectivity index (χ2n) is 5.49. The Morgan fingerprint density at radius 2 is 2.00 bits per heavy atom. The van der Waals surface area contributed by atoms with Crippen LogP contribution in [0, 0.1) is 30.0 Å². The molecule has 2 rings (SSSR count). The topological polar surface area (TPSA) is 23.5 Å². The molecule has 0 unspecified atom stereocenters. The third kappa shape index (κ3) is 3.50. The van der Waals surface area contributed by atoms with Gasteiger partial charge in [0.2, 0.25) is 0 Å². The molecule has 5 radical (unpaired) electrons. The van der Waals surface area contributed by atoms with Crippen molar-refractivity contribution in [3.05, 3.63) is 30.0 Å². The Hall–Kier alpha value is 0.439. The summed E-state index contributed by atoms with van der Waals surface area (Å²) in [5, 5.41) is 10.1. The molecule has 1 N–H and O–H groups in total. The Labute approximate surface area is 119 Å². The summed E-state index contributed by atoms with van der Waals surface area (Å²) in [6.45, 7) is 2.26. The van der Waals surface area contributed by atoms with Gasteiger partial charge in [0, 0.05) is 0 Å². The molecule has 0 aliphatic heterocycles. The maximum atomic E-state index is 10.1. The fourth-order valence-electron chi connectivity index (χ4n) is 2.53. The van der Waals surface area contributed by atoms with Gasteiger partial charge in [-0.05, 0) is 0 Å². The standard InChI is InChI=1S/C15H24NOSe/c1-11(16(2)3)12-7-6-10-14(12)18-15-9-5-4-8-13(15)17/h6-7,10-11,13,15,17H,4-5,8-9H2,1-3H3/t11-,13+,15+/m0/s1. The summed E-state index contributed by atoms with van der Waals surface area (Å²) in [5.41, 5.74) is 0. The minimum atomic E-state index is -0.0591. The molecule has 0 spiro atoms. The zero-order chi connectivity index (χ0) is 13.1. The van der Waals surface area contributed by atoms with Gasteiger partial charge in [0.1, 0.15) is 0 Å². The number of nitrogens with zero attached hydrogens (tertiary/aromatic N) is 1. The van der Waals surface area contributed by atoms with Crippen LogP contribution in [0.4, 0.5) is 0 Å². The van der Waals surface area contributed by atoms with Crippen LogP contribution in [0.25, 0.3) is 0 Å². The van der Waals surface area contributed by atoms with Gasteiger partial charge in [0.15, 0.2) is 0 Å². The second-order valence-corrected chi connectivity index (χ2v) is 8.18. The first-order valence-electron chi connectivity index (χ1n) is 6.86. The molecule has 0 bridgehead atoms. The summed E-state index contributed by atoms with van der Waals surface area (Å²) in [4.78, 5) is 4.28. The van der Waals surface area contributed by atoms with E-state index in [9.17, 15) is 5.11 Å². The average Bonchev–Trinajstić information content (AvgIpc) is 2.79. The maximum absolute atomic E-state index is 10.1.